The van der Waals surface area contributed by atoms with Gasteiger partial charge in [0.1, 0.15) is 0 Å². The van der Waals surface area contributed by atoms with E-state index < -0.39 is 0 Å². The van der Waals surface area contributed by atoms with E-state index in [2.05, 4.69) is 32.7 Å². The van der Waals surface area contributed by atoms with E-state index >= 15 is 0 Å². The average molecular weight is 223 g/mol. The molecule has 0 aliphatic carbocycles. The topological polar surface area (TPSA) is 3.24 Å². The van der Waals surface area contributed by atoms with E-state index in [-0.39, 0.29) is 19.5 Å². The predicted molar refractivity (Wildman–Crippen MR) is 53.4 cm³/mol. The number of hydrogen-bond acceptors (Lipinski definition) is 1. The Bertz CT molecular complexity index is 64.9. The van der Waals surface area contributed by atoms with E-state index in [1.807, 2.05) is 20.3 Å². The molecule has 0 saturated heterocycles. The second-order valence-corrected chi connectivity index (χ2v) is 3.01. The van der Waals surface area contributed by atoms with Crippen LogP contribution in [-0.2, 0) is 19.5 Å². The quantitative estimate of drug-likeness (QED) is 0.524. The number of hydrogen-bond donors (Lipinski definition) is 0. The molecule has 0 bridgehead atoms. The van der Waals surface area contributed by atoms with Crippen LogP contribution in [0.3, 0.4) is 0 Å². The molecule has 0 N–H and O–H groups in total. The Labute approximate surface area is 91.7 Å². The Balaban J connectivity index is -0.000000177. The van der Waals surface area contributed by atoms with E-state index in [1.54, 1.807) is 0 Å². The summed E-state index contributed by atoms with van der Waals surface area (Å²) in [5, 5.41) is 0. The minimum absolute atomic E-state index is 0. The summed E-state index contributed by atoms with van der Waals surface area (Å²) in [6.07, 6.45) is 3.01. The molecule has 0 radical (unpaired) electrons. The first kappa shape index (κ1) is 18.4. The van der Waals surface area contributed by atoms with Gasteiger partial charge in [0.2, 0.25) is 0 Å². The normalized spacial score (nSPS) is 9.00. The van der Waals surface area contributed by atoms with Crippen molar-refractivity contribution in [2.45, 2.75) is 40.2 Å². The molecule has 0 amide bonds. The van der Waals surface area contributed by atoms with Crippen molar-refractivity contribution in [1.82, 2.24) is 4.90 Å². The van der Waals surface area contributed by atoms with Gasteiger partial charge in [-0.3, -0.25) is 0 Å². The van der Waals surface area contributed by atoms with Crippen LogP contribution in [0.15, 0.2) is 0 Å². The third-order valence-electron chi connectivity index (χ3n) is 1.39. The maximum atomic E-state index is 3.77. The second kappa shape index (κ2) is 14.1. The van der Waals surface area contributed by atoms with Crippen LogP contribution in [0.1, 0.15) is 34.1 Å². The zero-order valence-corrected chi connectivity index (χ0v) is 12.4. The van der Waals surface area contributed by atoms with Crippen molar-refractivity contribution in [3.63, 3.8) is 0 Å². The molecule has 2 heteroatoms. The van der Waals surface area contributed by atoms with Gasteiger partial charge in [0.05, 0.1) is 0 Å². The summed E-state index contributed by atoms with van der Waals surface area (Å²) < 4.78 is 0. The van der Waals surface area contributed by atoms with Crippen LogP contribution in [0.2, 0.25) is 0 Å². The molecule has 0 aliphatic heterocycles. The fraction of sp³-hybridized carbons (Fsp3) is 0.800. The van der Waals surface area contributed by atoms with Gasteiger partial charge in [-0.05, 0) is 27.4 Å². The zero-order chi connectivity index (χ0) is 9.28. The van der Waals surface area contributed by atoms with Gasteiger partial charge in [0.25, 0.3) is 0 Å². The molecular weight excluding hydrogens is 200 g/mol. The van der Waals surface area contributed by atoms with Gasteiger partial charge in [-0.1, -0.05) is 0 Å². The van der Waals surface area contributed by atoms with Gasteiger partial charge in [-0.2, -0.15) is 20.3 Å². The monoisotopic (exact) mass is 221 g/mol. The van der Waals surface area contributed by atoms with Gasteiger partial charge in [-0.25, -0.2) is 0 Å². The molecule has 0 spiro atoms. The molecule has 0 heterocycles. The van der Waals surface area contributed by atoms with E-state index in [0.29, 0.717) is 6.04 Å². The SMILES string of the molecule is C[CH-]C.[CH2-]CCN(C)C(C)C.[Zn+2]. The molecule has 0 aromatic carbocycles. The van der Waals surface area contributed by atoms with Crippen LogP contribution >= 0.6 is 0 Å². The van der Waals surface area contributed by atoms with E-state index in [1.165, 1.54) is 0 Å². The average Bonchev–Trinajstić information content (AvgIpc) is 1.90. The van der Waals surface area contributed by atoms with Gasteiger partial charge >= 0.3 is 19.5 Å². The molecule has 0 saturated carbocycles. The minimum atomic E-state index is 0. The van der Waals surface area contributed by atoms with Crippen LogP contribution < -0.4 is 0 Å². The summed E-state index contributed by atoms with van der Waals surface area (Å²) in [6, 6.07) is 0.664. The standard InChI is InChI=1S/C7H16N.C3H7.Zn/c1-5-6-8(4)7(2)3;1-3-2;/h7H,1,5-6H2,2-4H3;3H,1-2H3;/q2*-1;+2. The minimum Gasteiger partial charge on any atom is -0.342 e. The third kappa shape index (κ3) is 16.9. The van der Waals surface area contributed by atoms with Crippen LogP contribution in [0.5, 0.6) is 0 Å². The van der Waals surface area contributed by atoms with Crippen LogP contribution in [0, 0.1) is 13.3 Å². The molecule has 0 fully saturated rings. The van der Waals surface area contributed by atoms with Crippen molar-refractivity contribution in [2.24, 2.45) is 0 Å². The van der Waals surface area contributed by atoms with Crippen LogP contribution in [-0.4, -0.2) is 24.5 Å². The first-order chi connectivity index (χ1) is 5.09. The Kier molecular flexibility index (Phi) is 21.6. The van der Waals surface area contributed by atoms with E-state index in [0.717, 1.165) is 13.0 Å². The fourth-order valence-electron chi connectivity index (χ4n) is 0.508. The summed E-state index contributed by atoms with van der Waals surface area (Å²) in [5.41, 5.74) is 0. The Morgan fingerprint density at radius 2 is 1.67 bits per heavy atom. The third-order valence-corrected chi connectivity index (χ3v) is 1.39. The summed E-state index contributed by atoms with van der Waals surface area (Å²) >= 11 is 0. The number of nitrogens with zero attached hydrogens (tertiary/aromatic N) is 1. The summed E-state index contributed by atoms with van der Waals surface area (Å²) in [6.45, 7) is 13.3. The molecular formula is C10H23NZn. The summed E-state index contributed by atoms with van der Waals surface area (Å²) in [7, 11) is 2.12. The molecule has 0 aromatic heterocycles. The van der Waals surface area contributed by atoms with Crippen molar-refractivity contribution in [3.05, 3.63) is 13.3 Å². The van der Waals surface area contributed by atoms with Gasteiger partial charge in [0.15, 0.2) is 0 Å². The molecule has 0 unspecified atom stereocenters. The largest absolute Gasteiger partial charge is 2.00 e. The molecule has 12 heavy (non-hydrogen) atoms. The smallest absolute Gasteiger partial charge is 0.342 e. The van der Waals surface area contributed by atoms with Gasteiger partial charge in [-0.15, -0.1) is 0 Å². The molecule has 0 aromatic rings. The van der Waals surface area contributed by atoms with Crippen molar-refractivity contribution < 1.29 is 19.5 Å². The second-order valence-electron chi connectivity index (χ2n) is 3.01. The fourth-order valence-corrected chi connectivity index (χ4v) is 0.508. The van der Waals surface area contributed by atoms with Crippen molar-refractivity contribution >= 4 is 0 Å². The first-order valence-corrected chi connectivity index (χ1v) is 4.33. The Hall–Kier alpha value is 0.583. The molecule has 1 nitrogen and oxygen atoms in total. The maximum absolute atomic E-state index is 3.77. The number of rotatable bonds is 3. The van der Waals surface area contributed by atoms with E-state index in [9.17, 15) is 0 Å². The predicted octanol–water partition coefficient (Wildman–Crippen LogP) is 2.78. The van der Waals surface area contributed by atoms with Crippen LogP contribution in [0.25, 0.3) is 0 Å². The molecule has 0 atom stereocenters. The Morgan fingerprint density at radius 1 is 1.33 bits per heavy atom. The van der Waals surface area contributed by atoms with Gasteiger partial charge in [0, 0.05) is 6.04 Å². The van der Waals surface area contributed by atoms with Crippen molar-refractivity contribution in [3.8, 4) is 0 Å². The van der Waals surface area contributed by atoms with Gasteiger partial charge < -0.3 is 18.2 Å². The van der Waals surface area contributed by atoms with Crippen molar-refractivity contribution in [2.75, 3.05) is 13.6 Å². The summed E-state index contributed by atoms with van der Waals surface area (Å²) in [5.74, 6) is 0. The molecule has 0 rings (SSSR count). The van der Waals surface area contributed by atoms with Crippen molar-refractivity contribution in [1.29, 1.82) is 0 Å². The van der Waals surface area contributed by atoms with E-state index in [4.69, 9.17) is 0 Å². The zero-order valence-electron chi connectivity index (χ0n) is 9.43. The Morgan fingerprint density at radius 3 is 1.75 bits per heavy atom. The van der Waals surface area contributed by atoms with Crippen LogP contribution in [0.4, 0.5) is 0 Å². The summed E-state index contributed by atoms with van der Waals surface area (Å²) in [4.78, 5) is 2.28. The first-order valence-electron chi connectivity index (χ1n) is 4.33. The maximum Gasteiger partial charge on any atom is 2.00 e. The molecule has 70 valence electrons. The molecule has 0 aliphatic rings.